The van der Waals surface area contributed by atoms with Crippen LogP contribution in [0.15, 0.2) is 35.3 Å². The van der Waals surface area contributed by atoms with Gasteiger partial charge in [-0.1, -0.05) is 25.1 Å². The molecule has 0 spiro atoms. The Morgan fingerprint density at radius 2 is 2.17 bits per heavy atom. The Hall–Kier alpha value is -3.01. The molecule has 3 rings (SSSR count). The summed E-state index contributed by atoms with van der Waals surface area (Å²) in [5.74, 6) is 2.09. The summed E-state index contributed by atoms with van der Waals surface area (Å²) in [5.41, 5.74) is 8.25. The minimum Gasteiger partial charge on any atom is -0.382 e. The predicted octanol–water partition coefficient (Wildman–Crippen LogP) is 2.96. The molecule has 1 fully saturated rings. The zero-order valence-electron chi connectivity index (χ0n) is 17.4. The zero-order chi connectivity index (χ0) is 20.6. The van der Waals surface area contributed by atoms with E-state index >= 15 is 0 Å². The van der Waals surface area contributed by atoms with Crippen molar-refractivity contribution in [3.63, 3.8) is 0 Å². The molecule has 3 N–H and O–H groups in total. The zero-order valence-corrected chi connectivity index (χ0v) is 17.4. The van der Waals surface area contributed by atoms with Gasteiger partial charge >= 0.3 is 0 Å². The van der Waals surface area contributed by atoms with Crippen molar-refractivity contribution in [2.45, 2.75) is 39.5 Å². The topological polar surface area (TPSA) is 95.3 Å². The first-order valence-electron chi connectivity index (χ1n) is 10.5. The number of nitrogens with two attached hydrogens (primary N) is 1. The Balaban J connectivity index is 1.66. The van der Waals surface area contributed by atoms with Crippen LogP contribution in [-0.2, 0) is 6.42 Å². The number of rotatable bonds is 6. The standard InChI is InChI=1S/C22H31N7/c1-3-25-22(28-14-8-9-17(2)16-28)26-13-7-12-20-19(15-23)21(24)29(27-20)18-10-5-4-6-11-18/h4-6,10-11,17H,3,7-9,12-14,16,24H2,1-2H3,(H,25,26). The number of guanidine groups is 1. The maximum absolute atomic E-state index is 9.54. The summed E-state index contributed by atoms with van der Waals surface area (Å²) in [7, 11) is 0. The van der Waals surface area contributed by atoms with Gasteiger partial charge in [0.1, 0.15) is 17.5 Å². The number of nitrogens with zero attached hydrogens (tertiary/aromatic N) is 5. The molecule has 1 aliphatic rings. The first-order valence-corrected chi connectivity index (χ1v) is 10.5. The van der Waals surface area contributed by atoms with Gasteiger partial charge in [0, 0.05) is 26.2 Å². The maximum Gasteiger partial charge on any atom is 0.193 e. The third-order valence-electron chi connectivity index (χ3n) is 5.23. The molecule has 0 amide bonds. The van der Waals surface area contributed by atoms with Gasteiger partial charge in [0.2, 0.25) is 0 Å². The number of aliphatic imine (C=N–C) groups is 1. The Bertz CT molecular complexity index is 863. The van der Waals surface area contributed by atoms with Crippen molar-refractivity contribution >= 4 is 11.8 Å². The van der Waals surface area contributed by atoms with Crippen molar-refractivity contribution in [2.75, 3.05) is 31.9 Å². The minimum atomic E-state index is 0.396. The summed E-state index contributed by atoms with van der Waals surface area (Å²) in [6.45, 7) is 8.07. The van der Waals surface area contributed by atoms with Crippen LogP contribution in [0.25, 0.3) is 5.69 Å². The number of aryl methyl sites for hydroxylation is 1. The van der Waals surface area contributed by atoms with Crippen molar-refractivity contribution in [2.24, 2.45) is 10.9 Å². The SMILES string of the molecule is CCNC(=NCCCc1nn(-c2ccccc2)c(N)c1C#N)N1CCCC(C)C1. The van der Waals surface area contributed by atoms with Gasteiger partial charge in [-0.2, -0.15) is 10.4 Å². The molecule has 0 saturated carbocycles. The van der Waals surface area contributed by atoms with E-state index in [0.29, 0.717) is 30.3 Å². The fraction of sp³-hybridized carbons (Fsp3) is 0.500. The van der Waals surface area contributed by atoms with Crippen LogP contribution in [0.5, 0.6) is 0 Å². The smallest absolute Gasteiger partial charge is 0.193 e. The van der Waals surface area contributed by atoms with Crippen LogP contribution in [0.2, 0.25) is 0 Å². The molecular formula is C22H31N7. The molecule has 1 aliphatic heterocycles. The van der Waals surface area contributed by atoms with E-state index in [1.807, 2.05) is 30.3 Å². The highest BCUT2D eigenvalue weighted by molar-refractivity contribution is 5.80. The van der Waals surface area contributed by atoms with Gasteiger partial charge in [0.15, 0.2) is 5.96 Å². The van der Waals surface area contributed by atoms with E-state index in [-0.39, 0.29) is 0 Å². The molecule has 7 nitrogen and oxygen atoms in total. The number of anilines is 1. The van der Waals surface area contributed by atoms with Gasteiger partial charge in [0.25, 0.3) is 0 Å². The molecule has 7 heteroatoms. The molecule has 0 bridgehead atoms. The van der Waals surface area contributed by atoms with Crippen LogP contribution in [0.1, 0.15) is 44.4 Å². The maximum atomic E-state index is 9.54. The lowest BCUT2D eigenvalue weighted by atomic mass is 10.0. The Morgan fingerprint density at radius 1 is 1.38 bits per heavy atom. The van der Waals surface area contributed by atoms with Crippen LogP contribution in [0.3, 0.4) is 0 Å². The Morgan fingerprint density at radius 3 is 2.86 bits per heavy atom. The third-order valence-corrected chi connectivity index (χ3v) is 5.23. The van der Waals surface area contributed by atoms with Gasteiger partial charge in [-0.25, -0.2) is 4.68 Å². The summed E-state index contributed by atoms with van der Waals surface area (Å²) >= 11 is 0. The van der Waals surface area contributed by atoms with E-state index in [1.165, 1.54) is 12.8 Å². The monoisotopic (exact) mass is 393 g/mol. The van der Waals surface area contributed by atoms with Gasteiger partial charge in [-0.15, -0.1) is 0 Å². The van der Waals surface area contributed by atoms with Crippen LogP contribution < -0.4 is 11.1 Å². The summed E-state index contributed by atoms with van der Waals surface area (Å²) in [6, 6.07) is 11.9. The third kappa shape index (κ3) is 5.08. The number of likely N-dealkylation sites (tertiary alicyclic amines) is 1. The largest absolute Gasteiger partial charge is 0.382 e. The molecule has 1 aromatic heterocycles. The lowest BCUT2D eigenvalue weighted by Crippen LogP contribution is -2.46. The molecule has 1 unspecified atom stereocenters. The number of piperidine rings is 1. The van der Waals surface area contributed by atoms with Crippen LogP contribution in [0, 0.1) is 17.2 Å². The minimum absolute atomic E-state index is 0.396. The number of nitrogens with one attached hydrogen (secondary N) is 1. The average molecular weight is 394 g/mol. The van der Waals surface area contributed by atoms with Crippen molar-refractivity contribution in [1.82, 2.24) is 20.0 Å². The van der Waals surface area contributed by atoms with Crippen LogP contribution in [0.4, 0.5) is 5.82 Å². The highest BCUT2D eigenvalue weighted by atomic mass is 15.3. The highest BCUT2D eigenvalue weighted by Gasteiger charge is 2.19. The first-order chi connectivity index (χ1) is 14.1. The normalized spacial score (nSPS) is 17.2. The quantitative estimate of drug-likeness (QED) is 0.447. The van der Waals surface area contributed by atoms with Gasteiger partial charge in [-0.3, -0.25) is 4.99 Å². The van der Waals surface area contributed by atoms with Gasteiger partial charge in [-0.05, 0) is 50.7 Å². The number of para-hydroxylation sites is 1. The average Bonchev–Trinajstić information content (AvgIpc) is 3.06. The van der Waals surface area contributed by atoms with E-state index in [2.05, 4.69) is 35.2 Å². The number of hydrogen-bond donors (Lipinski definition) is 2. The van der Waals surface area contributed by atoms with E-state index < -0.39 is 0 Å². The molecule has 2 aromatic rings. The van der Waals surface area contributed by atoms with E-state index in [4.69, 9.17) is 10.7 Å². The van der Waals surface area contributed by atoms with Crippen molar-refractivity contribution in [1.29, 1.82) is 5.26 Å². The predicted molar refractivity (Wildman–Crippen MR) is 117 cm³/mol. The van der Waals surface area contributed by atoms with Crippen molar-refractivity contribution in [3.8, 4) is 11.8 Å². The summed E-state index contributed by atoms with van der Waals surface area (Å²) in [4.78, 5) is 7.17. The highest BCUT2D eigenvalue weighted by Crippen LogP contribution is 2.21. The molecule has 1 saturated heterocycles. The molecular weight excluding hydrogens is 362 g/mol. The summed E-state index contributed by atoms with van der Waals surface area (Å²) in [5, 5.41) is 17.6. The van der Waals surface area contributed by atoms with E-state index in [0.717, 1.165) is 43.4 Å². The number of benzene rings is 1. The van der Waals surface area contributed by atoms with Crippen molar-refractivity contribution in [3.05, 3.63) is 41.6 Å². The lowest BCUT2D eigenvalue weighted by molar-refractivity contribution is 0.266. The molecule has 2 heterocycles. The molecule has 29 heavy (non-hydrogen) atoms. The second kappa shape index (κ2) is 9.97. The van der Waals surface area contributed by atoms with Crippen LogP contribution in [-0.4, -0.2) is 46.8 Å². The van der Waals surface area contributed by atoms with E-state index in [1.54, 1.807) is 4.68 Å². The lowest BCUT2D eigenvalue weighted by Gasteiger charge is -2.33. The molecule has 0 aliphatic carbocycles. The van der Waals surface area contributed by atoms with Crippen molar-refractivity contribution < 1.29 is 0 Å². The Labute approximate surface area is 173 Å². The first kappa shape index (κ1) is 20.7. The summed E-state index contributed by atoms with van der Waals surface area (Å²) in [6.07, 6.45) is 4.00. The van der Waals surface area contributed by atoms with Gasteiger partial charge < -0.3 is 16.0 Å². The van der Waals surface area contributed by atoms with Crippen LogP contribution >= 0.6 is 0 Å². The summed E-state index contributed by atoms with van der Waals surface area (Å²) < 4.78 is 1.65. The second-order valence-corrected chi connectivity index (χ2v) is 7.60. The number of nitrogen functional groups attached to an aromatic ring is 1. The fourth-order valence-corrected chi connectivity index (χ4v) is 3.78. The molecule has 1 aromatic carbocycles. The number of hydrogen-bond acceptors (Lipinski definition) is 4. The molecule has 0 radical (unpaired) electrons. The fourth-order valence-electron chi connectivity index (χ4n) is 3.78. The number of aromatic nitrogens is 2. The molecule has 154 valence electrons. The van der Waals surface area contributed by atoms with Gasteiger partial charge in [0.05, 0.1) is 11.4 Å². The number of nitriles is 1. The molecule has 1 atom stereocenters. The second-order valence-electron chi connectivity index (χ2n) is 7.60. The van der Waals surface area contributed by atoms with E-state index in [9.17, 15) is 5.26 Å². The Kier molecular flexibility index (Phi) is 7.12.